The Kier molecular flexibility index (Phi) is 6.18. The van der Waals surface area contributed by atoms with Crippen molar-refractivity contribution in [3.63, 3.8) is 0 Å². The van der Waals surface area contributed by atoms with Gasteiger partial charge in [0.15, 0.2) is 0 Å². The molecule has 1 rings (SSSR count). The molecule has 2 atom stereocenters. The van der Waals surface area contributed by atoms with Crippen LogP contribution in [-0.4, -0.2) is 28.3 Å². The highest BCUT2D eigenvalue weighted by Gasteiger charge is 2.18. The second kappa shape index (κ2) is 7.40. The summed E-state index contributed by atoms with van der Waals surface area (Å²) in [6.07, 6.45) is -0.0881. The number of aliphatic carboxylic acids is 1. The van der Waals surface area contributed by atoms with Crippen LogP contribution in [-0.2, 0) is 9.59 Å². The number of thioether (sulfide) groups is 1. The first-order valence-electron chi connectivity index (χ1n) is 5.83. The standard InChI is InChI=1S/C13H16ClNO3S/c1-8(7-12(16)17)15-13(18)9(2)19-11-6-4-3-5-10(11)14/h3-6,8-9H,7H2,1-2H3,(H,15,18)(H,16,17). The maximum atomic E-state index is 11.9. The third-order valence-corrected chi connectivity index (χ3v) is 4.00. The van der Waals surface area contributed by atoms with Crippen LogP contribution in [0, 0.1) is 0 Å². The summed E-state index contributed by atoms with van der Waals surface area (Å²) in [4.78, 5) is 23.2. The molecule has 19 heavy (non-hydrogen) atoms. The highest BCUT2D eigenvalue weighted by Crippen LogP contribution is 2.29. The number of amides is 1. The number of hydrogen-bond donors (Lipinski definition) is 2. The molecule has 0 radical (unpaired) electrons. The molecule has 104 valence electrons. The average Bonchev–Trinajstić information content (AvgIpc) is 2.30. The first-order valence-corrected chi connectivity index (χ1v) is 7.09. The summed E-state index contributed by atoms with van der Waals surface area (Å²) >= 11 is 7.37. The number of rotatable bonds is 6. The molecule has 2 unspecified atom stereocenters. The zero-order valence-electron chi connectivity index (χ0n) is 10.7. The number of carboxylic acid groups (broad SMARTS) is 1. The van der Waals surface area contributed by atoms with Crippen molar-refractivity contribution in [3.8, 4) is 0 Å². The largest absolute Gasteiger partial charge is 0.481 e. The van der Waals surface area contributed by atoms with Gasteiger partial charge in [-0.2, -0.15) is 0 Å². The first kappa shape index (κ1) is 15.9. The van der Waals surface area contributed by atoms with Crippen LogP contribution >= 0.6 is 23.4 Å². The normalized spacial score (nSPS) is 13.6. The summed E-state index contributed by atoms with van der Waals surface area (Å²) in [6.45, 7) is 3.43. The molecule has 0 aliphatic carbocycles. The van der Waals surface area contributed by atoms with Crippen LogP contribution in [0.25, 0.3) is 0 Å². The van der Waals surface area contributed by atoms with Crippen LogP contribution in [0.1, 0.15) is 20.3 Å². The number of nitrogens with one attached hydrogen (secondary N) is 1. The molecule has 0 aromatic heterocycles. The fourth-order valence-electron chi connectivity index (χ4n) is 1.46. The molecule has 0 aliphatic rings. The minimum absolute atomic E-state index is 0.0881. The van der Waals surface area contributed by atoms with Crippen molar-refractivity contribution in [3.05, 3.63) is 29.3 Å². The van der Waals surface area contributed by atoms with Crippen LogP contribution < -0.4 is 5.32 Å². The number of carbonyl (C=O) groups excluding carboxylic acids is 1. The quantitative estimate of drug-likeness (QED) is 0.793. The predicted octanol–water partition coefficient (Wildman–Crippen LogP) is 2.80. The molecule has 0 heterocycles. The third-order valence-electron chi connectivity index (χ3n) is 2.38. The Morgan fingerprint density at radius 1 is 1.37 bits per heavy atom. The van der Waals surface area contributed by atoms with Gasteiger partial charge in [0.1, 0.15) is 0 Å². The molecule has 0 aliphatic heterocycles. The molecule has 0 saturated heterocycles. The lowest BCUT2D eigenvalue weighted by molar-refractivity contribution is -0.137. The minimum Gasteiger partial charge on any atom is -0.481 e. The topological polar surface area (TPSA) is 66.4 Å². The summed E-state index contributed by atoms with van der Waals surface area (Å²) < 4.78 is 0. The molecule has 1 amide bonds. The Balaban J connectivity index is 2.54. The van der Waals surface area contributed by atoms with Gasteiger partial charge in [0.05, 0.1) is 16.7 Å². The number of carboxylic acids is 1. The summed E-state index contributed by atoms with van der Waals surface area (Å²) in [5.41, 5.74) is 0. The lowest BCUT2D eigenvalue weighted by atomic mass is 10.2. The lowest BCUT2D eigenvalue weighted by Gasteiger charge is -2.16. The van der Waals surface area contributed by atoms with E-state index in [1.165, 1.54) is 11.8 Å². The van der Waals surface area contributed by atoms with E-state index < -0.39 is 5.97 Å². The predicted molar refractivity (Wildman–Crippen MR) is 76.6 cm³/mol. The third kappa shape index (κ3) is 5.53. The maximum Gasteiger partial charge on any atom is 0.305 e. The molecule has 1 aromatic carbocycles. The van der Waals surface area contributed by atoms with E-state index in [2.05, 4.69) is 5.32 Å². The molecular formula is C13H16ClNO3S. The lowest BCUT2D eigenvalue weighted by Crippen LogP contribution is -2.38. The molecule has 4 nitrogen and oxygen atoms in total. The number of hydrogen-bond acceptors (Lipinski definition) is 3. The zero-order valence-corrected chi connectivity index (χ0v) is 12.3. The van der Waals surface area contributed by atoms with Crippen molar-refractivity contribution in [2.75, 3.05) is 0 Å². The van der Waals surface area contributed by atoms with Crippen molar-refractivity contribution in [2.45, 2.75) is 36.5 Å². The molecule has 2 N–H and O–H groups in total. The van der Waals surface area contributed by atoms with E-state index in [1.54, 1.807) is 19.9 Å². The Bertz CT molecular complexity index is 467. The van der Waals surface area contributed by atoms with Gasteiger partial charge in [0.25, 0.3) is 0 Å². The van der Waals surface area contributed by atoms with Gasteiger partial charge in [-0.15, -0.1) is 11.8 Å². The molecule has 6 heteroatoms. The van der Waals surface area contributed by atoms with E-state index in [0.29, 0.717) is 5.02 Å². The fraction of sp³-hybridized carbons (Fsp3) is 0.385. The van der Waals surface area contributed by atoms with Gasteiger partial charge in [0, 0.05) is 10.9 Å². The van der Waals surface area contributed by atoms with Gasteiger partial charge in [0.2, 0.25) is 5.91 Å². The average molecular weight is 302 g/mol. The Morgan fingerprint density at radius 3 is 2.58 bits per heavy atom. The molecule has 1 aromatic rings. The second-order valence-corrected chi connectivity index (χ2v) is 5.99. The highest BCUT2D eigenvalue weighted by molar-refractivity contribution is 8.00. The summed E-state index contributed by atoms with van der Waals surface area (Å²) in [7, 11) is 0. The van der Waals surface area contributed by atoms with Crippen LogP contribution in [0.2, 0.25) is 5.02 Å². The van der Waals surface area contributed by atoms with Crippen molar-refractivity contribution in [2.24, 2.45) is 0 Å². The number of benzene rings is 1. The Labute approximate surface area is 121 Å². The van der Waals surface area contributed by atoms with E-state index in [9.17, 15) is 9.59 Å². The summed E-state index contributed by atoms with van der Waals surface area (Å²) in [5, 5.41) is 11.6. The van der Waals surface area contributed by atoms with Crippen molar-refractivity contribution < 1.29 is 14.7 Å². The fourth-order valence-corrected chi connectivity index (χ4v) is 2.62. The molecule has 0 fully saturated rings. The SMILES string of the molecule is CC(CC(=O)O)NC(=O)C(C)Sc1ccccc1Cl. The van der Waals surface area contributed by atoms with Crippen LogP contribution in [0.5, 0.6) is 0 Å². The van der Waals surface area contributed by atoms with E-state index >= 15 is 0 Å². The van der Waals surface area contributed by atoms with Crippen LogP contribution in [0.15, 0.2) is 29.2 Å². The smallest absolute Gasteiger partial charge is 0.305 e. The van der Waals surface area contributed by atoms with E-state index in [0.717, 1.165) is 4.90 Å². The molecule has 0 bridgehead atoms. The first-order chi connectivity index (χ1) is 8.90. The highest BCUT2D eigenvalue weighted by atomic mass is 35.5. The van der Waals surface area contributed by atoms with Gasteiger partial charge in [-0.3, -0.25) is 9.59 Å². The Morgan fingerprint density at radius 2 is 2.00 bits per heavy atom. The van der Waals surface area contributed by atoms with E-state index in [1.807, 2.05) is 18.2 Å². The Hall–Kier alpha value is -1.20. The molecular weight excluding hydrogens is 286 g/mol. The van der Waals surface area contributed by atoms with Crippen molar-refractivity contribution in [1.29, 1.82) is 0 Å². The summed E-state index contributed by atoms with van der Waals surface area (Å²) in [5.74, 6) is -1.13. The van der Waals surface area contributed by atoms with Crippen molar-refractivity contribution in [1.82, 2.24) is 5.32 Å². The van der Waals surface area contributed by atoms with Gasteiger partial charge in [-0.1, -0.05) is 23.7 Å². The summed E-state index contributed by atoms with van der Waals surface area (Å²) in [6, 6.07) is 6.90. The van der Waals surface area contributed by atoms with Crippen molar-refractivity contribution >= 4 is 35.2 Å². The van der Waals surface area contributed by atoms with Gasteiger partial charge in [-0.25, -0.2) is 0 Å². The molecule has 0 spiro atoms. The van der Waals surface area contributed by atoms with E-state index in [4.69, 9.17) is 16.7 Å². The monoisotopic (exact) mass is 301 g/mol. The van der Waals surface area contributed by atoms with Crippen LogP contribution in [0.4, 0.5) is 0 Å². The molecule has 0 saturated carbocycles. The minimum atomic E-state index is -0.931. The number of carbonyl (C=O) groups is 2. The van der Waals surface area contributed by atoms with Crippen LogP contribution in [0.3, 0.4) is 0 Å². The second-order valence-electron chi connectivity index (χ2n) is 4.20. The zero-order chi connectivity index (χ0) is 14.4. The van der Waals surface area contributed by atoms with Gasteiger partial charge in [-0.05, 0) is 26.0 Å². The van der Waals surface area contributed by atoms with Gasteiger partial charge < -0.3 is 10.4 Å². The van der Waals surface area contributed by atoms with E-state index in [-0.39, 0.29) is 23.6 Å². The maximum absolute atomic E-state index is 11.9. The van der Waals surface area contributed by atoms with Gasteiger partial charge >= 0.3 is 5.97 Å². The number of halogens is 1.